The third kappa shape index (κ3) is 29.7. The van der Waals surface area contributed by atoms with Crippen LogP contribution in [-0.2, 0) is 76.7 Å². The molecule has 14 amide bonds. The van der Waals surface area contributed by atoms with Crippen molar-refractivity contribution in [1.82, 2.24) is 63.8 Å². The van der Waals surface area contributed by atoms with Crippen LogP contribution in [0.3, 0.4) is 0 Å². The Bertz CT molecular complexity index is 2500. The number of carboxylic acid groups (broad SMARTS) is 2. The quantitative estimate of drug-likeness (QED) is 0.0252. The Morgan fingerprint density at radius 1 is 0.443 bits per heavy atom. The van der Waals surface area contributed by atoms with Crippen LogP contribution in [-0.4, -0.2) is 219 Å². The van der Waals surface area contributed by atoms with Crippen LogP contribution in [0.1, 0.15) is 87.0 Å². The molecule has 0 aliphatic rings. The Morgan fingerprint density at radius 2 is 0.875 bits per heavy atom. The maximum absolute atomic E-state index is 13.9. The minimum atomic E-state index is -1.93. The Hall–Kier alpha value is -7.16. The highest BCUT2D eigenvalue weighted by molar-refractivity contribution is 7.80. The van der Waals surface area contributed by atoms with Crippen LogP contribution in [0.15, 0.2) is 0 Å². The second kappa shape index (κ2) is 41.1. The van der Waals surface area contributed by atoms with Gasteiger partial charge in [-0.15, -0.1) is 0 Å². The molecular weight excluding hydrogens is 1240 g/mol. The first-order valence-electron chi connectivity index (χ1n) is 27.4. The lowest BCUT2D eigenvalue weighted by molar-refractivity contribution is -0.143. The smallest absolute Gasteiger partial charge is 0.327 e. The van der Waals surface area contributed by atoms with Gasteiger partial charge in [-0.25, -0.2) is 4.79 Å². The molecule has 13 atom stereocenters. The lowest BCUT2D eigenvalue weighted by Gasteiger charge is -2.29. The van der Waals surface area contributed by atoms with Crippen molar-refractivity contribution in [3.63, 3.8) is 0 Å². The summed E-state index contributed by atoms with van der Waals surface area (Å²) in [5.41, 5.74) is 16.3. The number of carbonyl (C=O) groups is 16. The molecule has 0 unspecified atom stereocenters. The average Bonchev–Trinajstić information content (AvgIpc) is 3.66. The normalized spacial score (nSPS) is 15.5. The van der Waals surface area contributed by atoms with Crippen molar-refractivity contribution < 1.29 is 92.0 Å². The van der Waals surface area contributed by atoms with Crippen LogP contribution in [0.25, 0.3) is 0 Å². The van der Waals surface area contributed by atoms with Crippen LogP contribution in [0.4, 0.5) is 0 Å². The summed E-state index contributed by atoms with van der Waals surface area (Å²) < 4.78 is 0. The fourth-order valence-electron chi connectivity index (χ4n) is 7.48. The molecule has 38 heteroatoms. The summed E-state index contributed by atoms with van der Waals surface area (Å²) in [6, 6.07) is -18.4. The van der Waals surface area contributed by atoms with Crippen LogP contribution in [0.5, 0.6) is 0 Å². The molecule has 34 nitrogen and oxygen atoms in total. The number of primary amides is 2. The maximum Gasteiger partial charge on any atom is 0.327 e. The Kier molecular flexibility index (Phi) is 37.8. The summed E-state index contributed by atoms with van der Waals surface area (Å²) in [4.78, 5) is 207. The Balaban J connectivity index is 6.16. The second-order valence-corrected chi connectivity index (χ2v) is 22.3. The van der Waals surface area contributed by atoms with Gasteiger partial charge in [-0.1, -0.05) is 48.0 Å². The van der Waals surface area contributed by atoms with Crippen LogP contribution >= 0.6 is 50.5 Å². The summed E-state index contributed by atoms with van der Waals surface area (Å²) in [5, 5.41) is 56.5. The fourth-order valence-corrected chi connectivity index (χ4v) is 8.41. The van der Waals surface area contributed by atoms with E-state index in [0.717, 1.165) is 0 Å². The molecule has 0 aliphatic carbocycles. The third-order valence-electron chi connectivity index (χ3n) is 12.7. The van der Waals surface area contributed by atoms with Crippen LogP contribution in [0.2, 0.25) is 0 Å². The molecule has 0 saturated heterocycles. The maximum atomic E-state index is 13.9. The van der Waals surface area contributed by atoms with E-state index in [1.807, 2.05) is 10.6 Å². The van der Waals surface area contributed by atoms with Crippen molar-refractivity contribution in [1.29, 1.82) is 0 Å². The summed E-state index contributed by atoms with van der Waals surface area (Å²) >= 11 is 16.1. The number of aliphatic carboxylic acids is 2. The number of nitrogens with one attached hydrogen (secondary N) is 12. The van der Waals surface area contributed by atoms with Gasteiger partial charge in [-0.05, 0) is 37.5 Å². The molecular formula is C50H85N15O19S4. The predicted octanol–water partition coefficient (Wildman–Crippen LogP) is -8.06. The van der Waals surface area contributed by atoms with Gasteiger partial charge in [0.25, 0.3) is 0 Å². The molecule has 0 aromatic heterocycles. The van der Waals surface area contributed by atoms with Crippen LogP contribution in [0, 0.1) is 17.8 Å². The lowest BCUT2D eigenvalue weighted by Crippen LogP contribution is -2.62. The third-order valence-corrected chi connectivity index (χ3v) is 14.2. The zero-order valence-corrected chi connectivity index (χ0v) is 53.1. The zero-order chi connectivity index (χ0) is 67.9. The van der Waals surface area contributed by atoms with E-state index in [9.17, 15) is 92.0 Å². The zero-order valence-electron chi connectivity index (χ0n) is 49.5. The van der Waals surface area contributed by atoms with E-state index in [1.165, 1.54) is 27.7 Å². The van der Waals surface area contributed by atoms with E-state index in [1.54, 1.807) is 20.8 Å². The molecule has 0 aliphatic heterocycles. The van der Waals surface area contributed by atoms with Crippen molar-refractivity contribution in [2.45, 2.75) is 159 Å². The highest BCUT2D eigenvalue weighted by Gasteiger charge is 2.38. The van der Waals surface area contributed by atoms with Gasteiger partial charge in [0, 0.05) is 29.4 Å². The first kappa shape index (κ1) is 80.8. The van der Waals surface area contributed by atoms with Gasteiger partial charge in [0.2, 0.25) is 82.7 Å². The lowest BCUT2D eigenvalue weighted by atomic mass is 9.97. The van der Waals surface area contributed by atoms with E-state index >= 15 is 0 Å². The van der Waals surface area contributed by atoms with Gasteiger partial charge in [0.05, 0.1) is 32.0 Å². The minimum absolute atomic E-state index is 0.0113. The molecule has 21 N–H and O–H groups in total. The van der Waals surface area contributed by atoms with Gasteiger partial charge in [-0.3, -0.25) is 71.9 Å². The fraction of sp³-hybridized carbons (Fsp3) is 0.680. The molecule has 0 saturated carbocycles. The highest BCUT2D eigenvalue weighted by atomic mass is 32.1. The molecule has 498 valence electrons. The van der Waals surface area contributed by atoms with Gasteiger partial charge in [0.1, 0.15) is 66.5 Å². The first-order chi connectivity index (χ1) is 41.0. The first-order valence-corrected chi connectivity index (χ1v) is 30.0. The van der Waals surface area contributed by atoms with E-state index in [4.69, 9.17) is 17.2 Å². The van der Waals surface area contributed by atoms with Crippen molar-refractivity contribution >= 4 is 145 Å². The number of carboxylic acids is 2. The molecule has 0 bridgehead atoms. The largest absolute Gasteiger partial charge is 0.481 e. The minimum Gasteiger partial charge on any atom is -0.481 e. The monoisotopic (exact) mass is 1330 g/mol. The van der Waals surface area contributed by atoms with Crippen LogP contribution < -0.4 is 81.0 Å². The number of thiol groups is 4. The standard InChI is InChI=1S/C50H85N15O19S4/c1-8-22(6)38(49(82)62-31(18-87)47(80)64-37(21(4)5)48(81)59-27(12-34(53)68)43(76)58-28(13-36(70)71)44(77)63-32(19-88)50(83)84)65-45(78)29(15-66)60-39(72)23(7)55-46(79)30(17-86)61-42(75)25(9-10-33(52)67)56-35(69)14-54-41(74)26(11-20(2)3)57-40(73)24(51)16-85/h20-32,37-38,66,85-88H,8-19,51H2,1-7H3,(H2,52,67)(H2,53,68)(H,54,74)(H,55,79)(H,56,69)(H,57,73)(H,58,76)(H,59,81)(H,60,72)(H,61,75)(H,62,82)(H,63,77)(H,64,80)(H,65,78)(H,70,71)(H,83,84)/t22-,23-,24-,25-,26-,27-,28-,29-,30-,31-,32-,37-,38-/m0/s1. The van der Waals surface area contributed by atoms with E-state index in [-0.39, 0.29) is 30.9 Å². The van der Waals surface area contributed by atoms with E-state index in [2.05, 4.69) is 104 Å². The summed E-state index contributed by atoms with van der Waals surface area (Å²) in [6.45, 7) is 9.08. The van der Waals surface area contributed by atoms with Crippen molar-refractivity contribution in [2.24, 2.45) is 35.0 Å². The number of amides is 14. The number of hydrogen-bond acceptors (Lipinski definition) is 22. The molecule has 0 aromatic carbocycles. The van der Waals surface area contributed by atoms with E-state index < -0.39 is 229 Å². The Morgan fingerprint density at radius 3 is 1.34 bits per heavy atom. The molecule has 88 heavy (non-hydrogen) atoms. The summed E-state index contributed by atoms with van der Waals surface area (Å²) in [5.74, 6) is -20.3. The number of aliphatic hydroxyl groups excluding tert-OH is 1. The van der Waals surface area contributed by atoms with Gasteiger partial charge in [-0.2, -0.15) is 50.5 Å². The molecule has 0 heterocycles. The predicted molar refractivity (Wildman–Crippen MR) is 326 cm³/mol. The number of nitrogens with two attached hydrogens (primary N) is 3. The summed E-state index contributed by atoms with van der Waals surface area (Å²) in [7, 11) is 0. The molecule has 0 fully saturated rings. The molecule has 0 rings (SSSR count). The SMILES string of the molecule is CC[C@H](C)[C@H](NC(=O)[C@H](CO)NC(=O)[C@H](C)NC(=O)[C@H](CS)NC(=O)[C@H](CCC(N)=O)NC(=O)CNC(=O)[C@H](CC(C)C)NC(=O)[C@@H](N)CS)C(=O)N[C@@H](CS)C(=O)N[C@H](C(=O)N[C@@H](CC(N)=O)C(=O)N[C@@H](CC(=O)O)C(=O)N[C@@H](CS)C(=O)O)C(C)C. The van der Waals surface area contributed by atoms with Crippen molar-refractivity contribution in [3.05, 3.63) is 0 Å². The van der Waals surface area contributed by atoms with Crippen molar-refractivity contribution in [3.8, 4) is 0 Å². The highest BCUT2D eigenvalue weighted by Crippen LogP contribution is 2.12. The Labute approximate surface area is 529 Å². The average molecular weight is 1330 g/mol. The topological polar surface area (TPSA) is 556 Å². The number of aliphatic hydroxyl groups is 1. The van der Waals surface area contributed by atoms with E-state index in [0.29, 0.717) is 0 Å². The number of rotatable bonds is 42. The summed E-state index contributed by atoms with van der Waals surface area (Å²) in [6.07, 6.45) is -2.40. The second-order valence-electron chi connectivity index (χ2n) is 20.9. The number of carbonyl (C=O) groups excluding carboxylic acids is 14. The number of hydrogen-bond donors (Lipinski definition) is 22. The molecule has 0 radical (unpaired) electrons. The van der Waals surface area contributed by atoms with Gasteiger partial charge < -0.3 is 96.3 Å². The van der Waals surface area contributed by atoms with Crippen molar-refractivity contribution in [2.75, 3.05) is 36.2 Å². The van der Waals surface area contributed by atoms with Gasteiger partial charge >= 0.3 is 11.9 Å². The molecule has 0 aromatic rings. The molecule has 0 spiro atoms. The van der Waals surface area contributed by atoms with Gasteiger partial charge in [0.15, 0.2) is 0 Å².